The molecule has 0 aliphatic carbocycles. The van der Waals surface area contributed by atoms with Crippen LogP contribution in [0.1, 0.15) is 27.2 Å². The van der Waals surface area contributed by atoms with Crippen molar-refractivity contribution in [3.63, 3.8) is 0 Å². The molecule has 0 aromatic carbocycles. The summed E-state index contributed by atoms with van der Waals surface area (Å²) in [5.41, 5.74) is 0. The highest BCUT2D eigenvalue weighted by molar-refractivity contribution is 5.56. The van der Waals surface area contributed by atoms with Crippen LogP contribution in [0.2, 0.25) is 0 Å². The molecular weight excluding hydrogens is 98.1 g/mol. The van der Waals surface area contributed by atoms with Crippen molar-refractivity contribution in [3.05, 3.63) is 0 Å². The van der Waals surface area contributed by atoms with Crippen molar-refractivity contribution >= 4 is 6.21 Å². The van der Waals surface area contributed by atoms with E-state index < -0.39 is 0 Å². The predicted molar refractivity (Wildman–Crippen MR) is 38.5 cm³/mol. The maximum atomic E-state index is 4.16. The first-order chi connectivity index (χ1) is 3.77. The fourth-order valence-electron chi connectivity index (χ4n) is 0.414. The Morgan fingerprint density at radius 1 is 1.50 bits per heavy atom. The van der Waals surface area contributed by atoms with E-state index in [1.54, 1.807) is 0 Å². The van der Waals surface area contributed by atoms with Crippen molar-refractivity contribution in [2.45, 2.75) is 27.2 Å². The molecule has 8 heavy (non-hydrogen) atoms. The minimum atomic E-state index is 0.706. The maximum Gasteiger partial charge on any atom is 0.0408 e. The molecule has 1 heteroatoms. The molecule has 0 aliphatic heterocycles. The zero-order valence-corrected chi connectivity index (χ0v) is 6.02. The summed E-state index contributed by atoms with van der Waals surface area (Å²) in [7, 11) is 0. The van der Waals surface area contributed by atoms with Crippen LogP contribution in [0.15, 0.2) is 4.99 Å². The molecule has 0 N–H and O–H groups in total. The summed E-state index contributed by atoms with van der Waals surface area (Å²) in [5, 5.41) is 0. The van der Waals surface area contributed by atoms with Gasteiger partial charge in [-0.3, -0.25) is 4.99 Å². The largest absolute Gasteiger partial charge is 0.297 e. The Kier molecular flexibility index (Phi) is 4.62. The van der Waals surface area contributed by atoms with Crippen LogP contribution in [0.5, 0.6) is 0 Å². The number of hydrogen-bond donors (Lipinski definition) is 0. The minimum absolute atomic E-state index is 0.706. The van der Waals surface area contributed by atoms with Gasteiger partial charge in [-0.2, -0.15) is 0 Å². The number of nitrogens with zero attached hydrogens (tertiary/aromatic N) is 1. The summed E-state index contributed by atoms with van der Waals surface area (Å²) < 4.78 is 0. The van der Waals surface area contributed by atoms with Gasteiger partial charge in [-0.15, -0.1) is 0 Å². The van der Waals surface area contributed by atoms with Crippen molar-refractivity contribution in [2.75, 3.05) is 6.54 Å². The van der Waals surface area contributed by atoms with E-state index in [0.717, 1.165) is 13.0 Å². The lowest BCUT2D eigenvalue weighted by Gasteiger charge is -1.94. The van der Waals surface area contributed by atoms with E-state index in [0.29, 0.717) is 5.92 Å². The molecule has 0 radical (unpaired) electrons. The lowest BCUT2D eigenvalue weighted by atomic mass is 10.2. The van der Waals surface area contributed by atoms with Crippen LogP contribution in [0.3, 0.4) is 0 Å². The topological polar surface area (TPSA) is 12.4 Å². The Hall–Kier alpha value is -0.330. The third-order valence-electron chi connectivity index (χ3n) is 0.782. The van der Waals surface area contributed by atoms with E-state index in [9.17, 15) is 0 Å². The second kappa shape index (κ2) is 4.82. The van der Waals surface area contributed by atoms with Gasteiger partial charge in [0, 0.05) is 6.54 Å². The van der Waals surface area contributed by atoms with Crippen LogP contribution < -0.4 is 0 Å². The molecule has 0 heterocycles. The summed E-state index contributed by atoms with van der Waals surface area (Å²) in [6.07, 6.45) is 3.03. The van der Waals surface area contributed by atoms with Gasteiger partial charge in [0.25, 0.3) is 0 Å². The van der Waals surface area contributed by atoms with Crippen LogP contribution in [0, 0.1) is 5.92 Å². The van der Waals surface area contributed by atoms with Gasteiger partial charge in [0.1, 0.15) is 0 Å². The van der Waals surface area contributed by atoms with Crippen molar-refractivity contribution in [3.8, 4) is 0 Å². The van der Waals surface area contributed by atoms with E-state index in [-0.39, 0.29) is 0 Å². The molecule has 0 saturated heterocycles. The van der Waals surface area contributed by atoms with Gasteiger partial charge in [0.05, 0.1) is 0 Å². The van der Waals surface area contributed by atoms with E-state index in [4.69, 9.17) is 0 Å². The summed E-state index contributed by atoms with van der Waals surface area (Å²) in [6.45, 7) is 7.43. The molecule has 48 valence electrons. The summed E-state index contributed by atoms with van der Waals surface area (Å²) in [4.78, 5) is 4.16. The maximum absolute atomic E-state index is 4.16. The van der Waals surface area contributed by atoms with Gasteiger partial charge in [0.15, 0.2) is 0 Å². The normalized spacial score (nSPS) is 11.5. The Morgan fingerprint density at radius 2 is 2.12 bits per heavy atom. The standard InChI is InChI=1S/C7H15N/c1-4-5-8-6-7(2)3/h5,7H,4,6H2,1-3H3. The number of hydrogen-bond acceptors (Lipinski definition) is 1. The zero-order valence-electron chi connectivity index (χ0n) is 6.02. The highest BCUT2D eigenvalue weighted by Crippen LogP contribution is 1.89. The molecule has 0 aromatic rings. The van der Waals surface area contributed by atoms with E-state index in [1.807, 2.05) is 6.21 Å². The van der Waals surface area contributed by atoms with Crippen LogP contribution in [0.4, 0.5) is 0 Å². The SMILES string of the molecule is CCC=NCC(C)C. The fourth-order valence-corrected chi connectivity index (χ4v) is 0.414. The molecular formula is C7H15N. The molecule has 0 unspecified atom stereocenters. The van der Waals surface area contributed by atoms with Crippen LogP contribution in [0.25, 0.3) is 0 Å². The second-order valence-corrected chi connectivity index (χ2v) is 2.35. The Bertz CT molecular complexity index is 64.8. The number of rotatable bonds is 3. The average molecular weight is 113 g/mol. The predicted octanol–water partition coefficient (Wildman–Crippen LogP) is 2.12. The first-order valence-corrected chi connectivity index (χ1v) is 3.25. The van der Waals surface area contributed by atoms with Gasteiger partial charge in [0.2, 0.25) is 0 Å². The van der Waals surface area contributed by atoms with Gasteiger partial charge >= 0.3 is 0 Å². The molecule has 0 amide bonds. The van der Waals surface area contributed by atoms with Gasteiger partial charge in [-0.05, 0) is 18.6 Å². The smallest absolute Gasteiger partial charge is 0.0408 e. The van der Waals surface area contributed by atoms with Crippen molar-refractivity contribution < 1.29 is 0 Å². The molecule has 0 atom stereocenters. The zero-order chi connectivity index (χ0) is 6.41. The van der Waals surface area contributed by atoms with E-state index in [1.165, 1.54) is 0 Å². The first kappa shape index (κ1) is 7.67. The summed E-state index contributed by atoms with van der Waals surface area (Å²) >= 11 is 0. The highest BCUT2D eigenvalue weighted by atomic mass is 14.7. The quantitative estimate of drug-likeness (QED) is 0.497. The third kappa shape index (κ3) is 5.67. The van der Waals surface area contributed by atoms with Crippen LogP contribution >= 0.6 is 0 Å². The number of aliphatic imine (C=N–C) groups is 1. The Balaban J connectivity index is 3.03. The lowest BCUT2D eigenvalue weighted by Crippen LogP contribution is -1.91. The first-order valence-electron chi connectivity index (χ1n) is 3.25. The van der Waals surface area contributed by atoms with Crippen LogP contribution in [-0.4, -0.2) is 12.8 Å². The molecule has 1 nitrogen and oxygen atoms in total. The molecule has 0 rings (SSSR count). The van der Waals surface area contributed by atoms with E-state index >= 15 is 0 Å². The minimum Gasteiger partial charge on any atom is -0.297 e. The van der Waals surface area contributed by atoms with E-state index in [2.05, 4.69) is 25.8 Å². The summed E-state index contributed by atoms with van der Waals surface area (Å²) in [6, 6.07) is 0. The van der Waals surface area contributed by atoms with Gasteiger partial charge in [-0.1, -0.05) is 20.8 Å². The Morgan fingerprint density at radius 3 is 2.50 bits per heavy atom. The summed E-state index contributed by atoms with van der Waals surface area (Å²) in [5.74, 6) is 0.706. The van der Waals surface area contributed by atoms with Crippen molar-refractivity contribution in [1.82, 2.24) is 0 Å². The van der Waals surface area contributed by atoms with Crippen LogP contribution in [-0.2, 0) is 0 Å². The lowest BCUT2D eigenvalue weighted by molar-refractivity contribution is 0.666. The second-order valence-electron chi connectivity index (χ2n) is 2.35. The molecule has 0 aliphatic rings. The molecule has 0 bridgehead atoms. The highest BCUT2D eigenvalue weighted by Gasteiger charge is 1.85. The average Bonchev–Trinajstić information content (AvgIpc) is 1.66. The van der Waals surface area contributed by atoms with Gasteiger partial charge < -0.3 is 0 Å². The molecule has 0 saturated carbocycles. The van der Waals surface area contributed by atoms with Gasteiger partial charge in [-0.25, -0.2) is 0 Å². The third-order valence-corrected chi connectivity index (χ3v) is 0.782. The molecule has 0 aromatic heterocycles. The van der Waals surface area contributed by atoms with Crippen molar-refractivity contribution in [1.29, 1.82) is 0 Å². The Labute approximate surface area is 51.8 Å². The molecule has 0 spiro atoms. The van der Waals surface area contributed by atoms with Crippen molar-refractivity contribution in [2.24, 2.45) is 10.9 Å². The molecule has 0 fully saturated rings. The monoisotopic (exact) mass is 113 g/mol. The fraction of sp³-hybridized carbons (Fsp3) is 0.857.